The lowest BCUT2D eigenvalue weighted by Crippen LogP contribution is -2.10. The van der Waals surface area contributed by atoms with Gasteiger partial charge >= 0.3 is 0 Å². The van der Waals surface area contributed by atoms with Gasteiger partial charge in [-0.05, 0) is 87.5 Å². The molecule has 0 fully saturated rings. The lowest BCUT2D eigenvalue weighted by Gasteiger charge is -2.27. The summed E-state index contributed by atoms with van der Waals surface area (Å²) in [6.07, 6.45) is 5.79. The number of benzene rings is 6. The molecule has 0 bridgehead atoms. The molecule has 0 aliphatic heterocycles. The number of nitrogens with zero attached hydrogens (tertiary/aromatic N) is 4. The van der Waals surface area contributed by atoms with Crippen LogP contribution in [-0.4, -0.2) is 14.5 Å². The quantitative estimate of drug-likeness (QED) is 0.201. The Morgan fingerprint density at radius 3 is 1.76 bits per heavy atom. The van der Waals surface area contributed by atoms with Crippen LogP contribution in [0.5, 0.6) is 0 Å². The van der Waals surface area contributed by atoms with Crippen molar-refractivity contribution in [1.29, 1.82) is 0 Å². The van der Waals surface area contributed by atoms with E-state index in [2.05, 4.69) is 171 Å². The molecule has 0 saturated heterocycles. The van der Waals surface area contributed by atoms with E-state index in [9.17, 15) is 0 Å². The van der Waals surface area contributed by atoms with Gasteiger partial charge in [0.15, 0.2) is 0 Å². The van der Waals surface area contributed by atoms with Crippen molar-refractivity contribution in [3.8, 4) is 50.5 Å². The Balaban J connectivity index is 1.26. The van der Waals surface area contributed by atoms with Crippen LogP contribution < -0.4 is 4.90 Å². The first-order valence-corrected chi connectivity index (χ1v) is 15.5. The number of hydrogen-bond acceptors (Lipinski definition) is 3. The largest absolute Gasteiger partial charge is 0.310 e. The Kier molecular flexibility index (Phi) is 6.10. The summed E-state index contributed by atoms with van der Waals surface area (Å²) in [6.45, 7) is 0. The van der Waals surface area contributed by atoms with Crippen LogP contribution >= 0.6 is 0 Å². The Bertz CT molecular complexity index is 2340. The molecular formula is C42H28N4. The molecule has 46 heavy (non-hydrogen) atoms. The Morgan fingerprint density at radius 2 is 1.00 bits per heavy atom. The summed E-state index contributed by atoms with van der Waals surface area (Å²) in [5.41, 5.74) is 14.0. The third-order valence-corrected chi connectivity index (χ3v) is 8.90. The van der Waals surface area contributed by atoms with Gasteiger partial charge in [-0.15, -0.1) is 0 Å². The molecule has 0 N–H and O–H groups in total. The van der Waals surface area contributed by atoms with Crippen molar-refractivity contribution in [3.63, 3.8) is 0 Å². The highest BCUT2D eigenvalue weighted by Gasteiger charge is 2.25. The number of hydrogen-bond donors (Lipinski definition) is 0. The number of para-hydroxylation sites is 1. The zero-order chi connectivity index (χ0) is 30.5. The summed E-state index contributed by atoms with van der Waals surface area (Å²) in [5, 5.41) is 1.21. The molecule has 6 aromatic carbocycles. The molecule has 2 aromatic heterocycles. The Hall–Kier alpha value is -6.26. The van der Waals surface area contributed by atoms with Gasteiger partial charge in [-0.3, -0.25) is 4.57 Å². The number of aromatic nitrogens is 3. The minimum absolute atomic E-state index is 0.664. The molecular weight excluding hydrogens is 560 g/mol. The van der Waals surface area contributed by atoms with Crippen LogP contribution in [0, 0.1) is 0 Å². The summed E-state index contributed by atoms with van der Waals surface area (Å²) >= 11 is 0. The van der Waals surface area contributed by atoms with Crippen LogP contribution in [0.3, 0.4) is 0 Å². The van der Waals surface area contributed by atoms with Gasteiger partial charge in [-0.25, -0.2) is 9.97 Å². The lowest BCUT2D eigenvalue weighted by atomic mass is 9.93. The van der Waals surface area contributed by atoms with E-state index in [1.54, 1.807) is 12.4 Å². The molecule has 0 saturated carbocycles. The summed E-state index contributed by atoms with van der Waals surface area (Å²) in [6, 6.07) is 54.0. The van der Waals surface area contributed by atoms with Crippen LogP contribution in [0.15, 0.2) is 170 Å². The average molecular weight is 589 g/mol. The van der Waals surface area contributed by atoms with E-state index in [4.69, 9.17) is 0 Å². The molecule has 4 nitrogen and oxygen atoms in total. The average Bonchev–Trinajstić information content (AvgIpc) is 3.48. The third-order valence-electron chi connectivity index (χ3n) is 8.90. The Morgan fingerprint density at radius 1 is 0.413 bits per heavy atom. The predicted molar refractivity (Wildman–Crippen MR) is 189 cm³/mol. The minimum atomic E-state index is 0.664. The molecule has 1 aliphatic rings. The van der Waals surface area contributed by atoms with E-state index in [0.29, 0.717) is 5.95 Å². The fourth-order valence-electron chi connectivity index (χ4n) is 6.84. The standard InChI is InChI=1S/C42H28N4/c1-3-11-29(12-4-1)30-19-21-32(22-20-30)46(31-13-5-2-6-14-31)33-23-24-36-38(27-33)35-16-8-7-15-34(35)37-17-9-18-40-41(37)39(36)28-45(40)42-43-25-10-26-44-42/h1-28H. The first kappa shape index (κ1) is 26.2. The van der Waals surface area contributed by atoms with Crippen LogP contribution in [-0.2, 0) is 0 Å². The molecule has 0 atom stereocenters. The maximum absolute atomic E-state index is 4.60. The highest BCUT2D eigenvalue weighted by molar-refractivity contribution is 6.14. The fourth-order valence-corrected chi connectivity index (χ4v) is 6.84. The zero-order valence-corrected chi connectivity index (χ0v) is 25.0. The van der Waals surface area contributed by atoms with Crippen molar-refractivity contribution in [2.75, 3.05) is 4.90 Å². The first-order valence-electron chi connectivity index (χ1n) is 15.5. The topological polar surface area (TPSA) is 34.0 Å². The monoisotopic (exact) mass is 588 g/mol. The predicted octanol–water partition coefficient (Wildman–Crippen LogP) is 10.9. The molecule has 8 aromatic rings. The van der Waals surface area contributed by atoms with Crippen molar-refractivity contribution >= 4 is 28.0 Å². The van der Waals surface area contributed by atoms with E-state index in [0.717, 1.165) is 22.6 Å². The van der Waals surface area contributed by atoms with Gasteiger partial charge in [-0.2, -0.15) is 0 Å². The molecule has 2 heterocycles. The van der Waals surface area contributed by atoms with Gasteiger partial charge in [0, 0.05) is 46.6 Å². The third kappa shape index (κ3) is 4.23. The normalized spacial score (nSPS) is 11.5. The summed E-state index contributed by atoms with van der Waals surface area (Å²) in [7, 11) is 0. The highest BCUT2D eigenvalue weighted by Crippen LogP contribution is 2.50. The van der Waals surface area contributed by atoms with E-state index >= 15 is 0 Å². The van der Waals surface area contributed by atoms with Crippen LogP contribution in [0.1, 0.15) is 0 Å². The molecule has 0 unspecified atom stereocenters. The van der Waals surface area contributed by atoms with Gasteiger partial charge in [0.05, 0.1) is 5.52 Å². The maximum Gasteiger partial charge on any atom is 0.234 e. The van der Waals surface area contributed by atoms with Crippen molar-refractivity contribution in [1.82, 2.24) is 14.5 Å². The molecule has 0 radical (unpaired) electrons. The summed E-state index contributed by atoms with van der Waals surface area (Å²) < 4.78 is 2.12. The summed E-state index contributed by atoms with van der Waals surface area (Å²) in [4.78, 5) is 11.5. The second-order valence-corrected chi connectivity index (χ2v) is 11.5. The van der Waals surface area contributed by atoms with Crippen LogP contribution in [0.4, 0.5) is 17.1 Å². The molecule has 9 rings (SSSR count). The zero-order valence-electron chi connectivity index (χ0n) is 25.0. The van der Waals surface area contributed by atoms with E-state index in [1.807, 2.05) is 6.07 Å². The Labute approximate surface area is 267 Å². The van der Waals surface area contributed by atoms with Crippen molar-refractivity contribution in [2.45, 2.75) is 0 Å². The molecule has 0 spiro atoms. The lowest BCUT2D eigenvalue weighted by molar-refractivity contribution is 0.962. The van der Waals surface area contributed by atoms with Gasteiger partial charge in [-0.1, -0.05) is 103 Å². The van der Waals surface area contributed by atoms with E-state index in [1.165, 1.54) is 49.9 Å². The molecule has 4 heteroatoms. The van der Waals surface area contributed by atoms with Gasteiger partial charge in [0.1, 0.15) is 0 Å². The SMILES string of the molecule is c1ccc(-c2ccc(N(c3ccccc3)c3ccc4c(c3)-c3ccccc3-c3cccc5c3c-4cn5-c3ncccn3)cc2)cc1. The second kappa shape index (κ2) is 10.7. The fraction of sp³-hybridized carbons (Fsp3) is 0. The van der Waals surface area contributed by atoms with Crippen molar-refractivity contribution in [2.24, 2.45) is 0 Å². The second-order valence-electron chi connectivity index (χ2n) is 11.5. The smallest absolute Gasteiger partial charge is 0.234 e. The van der Waals surface area contributed by atoms with Crippen LogP contribution in [0.25, 0.3) is 61.4 Å². The van der Waals surface area contributed by atoms with Crippen LogP contribution in [0.2, 0.25) is 0 Å². The number of rotatable bonds is 5. The van der Waals surface area contributed by atoms with Crippen molar-refractivity contribution < 1.29 is 0 Å². The minimum Gasteiger partial charge on any atom is -0.310 e. The summed E-state index contributed by atoms with van der Waals surface area (Å²) in [5.74, 6) is 0.664. The number of anilines is 3. The van der Waals surface area contributed by atoms with Gasteiger partial charge in [0.2, 0.25) is 5.95 Å². The molecule has 216 valence electrons. The highest BCUT2D eigenvalue weighted by atomic mass is 15.1. The molecule has 1 aliphatic carbocycles. The van der Waals surface area contributed by atoms with E-state index in [-0.39, 0.29) is 0 Å². The number of fused-ring (bicyclic) bond motifs is 5. The first-order chi connectivity index (χ1) is 22.8. The maximum atomic E-state index is 4.60. The van der Waals surface area contributed by atoms with Gasteiger partial charge < -0.3 is 4.90 Å². The van der Waals surface area contributed by atoms with E-state index < -0.39 is 0 Å². The van der Waals surface area contributed by atoms with Gasteiger partial charge in [0.25, 0.3) is 0 Å². The van der Waals surface area contributed by atoms with Crippen molar-refractivity contribution in [3.05, 3.63) is 170 Å². The molecule has 0 amide bonds.